The van der Waals surface area contributed by atoms with Crippen LogP contribution in [-0.4, -0.2) is 34.7 Å². The number of aromatic nitrogens is 2. The minimum atomic E-state index is -0.492. The number of nitrogens with two attached hydrogens (primary N) is 1. The molecule has 3 aromatic rings. The number of rotatable bonds is 5. The number of nitrogens with one attached hydrogen (secondary N) is 2. The summed E-state index contributed by atoms with van der Waals surface area (Å²) < 4.78 is 1.72. The minimum Gasteiger partial charge on any atom is -0.366 e. The van der Waals surface area contributed by atoms with Gasteiger partial charge in [0.15, 0.2) is 0 Å². The van der Waals surface area contributed by atoms with Crippen LogP contribution in [0.4, 0.5) is 0 Å². The van der Waals surface area contributed by atoms with Crippen LogP contribution in [0.15, 0.2) is 48.7 Å². The molecule has 1 aliphatic heterocycles. The van der Waals surface area contributed by atoms with E-state index in [1.54, 1.807) is 16.8 Å². The summed E-state index contributed by atoms with van der Waals surface area (Å²) in [6, 6.07) is 13.1. The first kappa shape index (κ1) is 16.3. The first-order valence-corrected chi connectivity index (χ1v) is 8.48. The van der Waals surface area contributed by atoms with Gasteiger partial charge in [-0.3, -0.25) is 9.59 Å². The normalized spacial score (nSPS) is 14.2. The molecule has 4 N–H and O–H groups in total. The highest BCUT2D eigenvalue weighted by atomic mass is 16.2. The maximum absolute atomic E-state index is 11.9. The molecular weight excluding hydrogens is 330 g/mol. The maximum atomic E-state index is 11.9. The Labute approximate surface area is 150 Å². The van der Waals surface area contributed by atoms with Gasteiger partial charge < -0.3 is 16.4 Å². The molecule has 7 nitrogen and oxygen atoms in total. The quantitative estimate of drug-likeness (QED) is 0.638. The van der Waals surface area contributed by atoms with E-state index in [-0.39, 0.29) is 11.8 Å². The van der Waals surface area contributed by atoms with Crippen LogP contribution in [-0.2, 0) is 11.3 Å². The molecule has 0 bridgehead atoms. The number of primary amides is 1. The Morgan fingerprint density at radius 3 is 2.62 bits per heavy atom. The van der Waals surface area contributed by atoms with Crippen LogP contribution in [0, 0.1) is 5.92 Å². The zero-order chi connectivity index (χ0) is 18.1. The van der Waals surface area contributed by atoms with Crippen molar-refractivity contribution >= 4 is 22.7 Å². The van der Waals surface area contributed by atoms with E-state index in [2.05, 4.69) is 15.7 Å². The predicted molar refractivity (Wildman–Crippen MR) is 97.8 cm³/mol. The Balaban J connectivity index is 1.51. The molecule has 0 spiro atoms. The Morgan fingerprint density at radius 1 is 1.19 bits per heavy atom. The number of nitrogens with zero attached hydrogens (tertiary/aromatic N) is 2. The Morgan fingerprint density at radius 2 is 1.96 bits per heavy atom. The van der Waals surface area contributed by atoms with Crippen molar-refractivity contribution in [2.24, 2.45) is 11.7 Å². The van der Waals surface area contributed by atoms with Crippen LogP contribution >= 0.6 is 0 Å². The summed E-state index contributed by atoms with van der Waals surface area (Å²) in [5.74, 6) is -0.316. The van der Waals surface area contributed by atoms with Gasteiger partial charge >= 0.3 is 0 Å². The SMILES string of the molecule is NC(=O)c1cccc2cn(-c3ccc(CNC(=O)C4CNC4)cc3)nc12. The third kappa shape index (κ3) is 3.04. The average molecular weight is 349 g/mol. The van der Waals surface area contributed by atoms with Gasteiger partial charge in [-0.15, -0.1) is 0 Å². The van der Waals surface area contributed by atoms with Crippen molar-refractivity contribution in [1.29, 1.82) is 0 Å². The van der Waals surface area contributed by atoms with Gasteiger partial charge in [0, 0.05) is 31.2 Å². The molecule has 4 rings (SSSR count). The fraction of sp³-hybridized carbons (Fsp3) is 0.211. The van der Waals surface area contributed by atoms with Crippen molar-refractivity contribution in [2.45, 2.75) is 6.54 Å². The van der Waals surface area contributed by atoms with Crippen LogP contribution in [0.2, 0.25) is 0 Å². The Kier molecular flexibility index (Phi) is 4.14. The summed E-state index contributed by atoms with van der Waals surface area (Å²) in [4.78, 5) is 23.4. The fourth-order valence-corrected chi connectivity index (χ4v) is 2.95. The number of hydrogen-bond donors (Lipinski definition) is 3. The summed E-state index contributed by atoms with van der Waals surface area (Å²) >= 11 is 0. The van der Waals surface area contributed by atoms with Crippen molar-refractivity contribution in [1.82, 2.24) is 20.4 Å². The summed E-state index contributed by atoms with van der Waals surface area (Å²) in [5, 5.41) is 11.4. The first-order chi connectivity index (χ1) is 12.6. The van der Waals surface area contributed by atoms with Crippen LogP contribution in [0.5, 0.6) is 0 Å². The topological polar surface area (TPSA) is 102 Å². The molecule has 0 atom stereocenters. The molecule has 7 heteroatoms. The van der Waals surface area contributed by atoms with Gasteiger partial charge in [-0.2, -0.15) is 5.10 Å². The fourth-order valence-electron chi connectivity index (χ4n) is 2.95. The zero-order valence-corrected chi connectivity index (χ0v) is 14.1. The lowest BCUT2D eigenvalue weighted by Gasteiger charge is -2.25. The lowest BCUT2D eigenvalue weighted by atomic mass is 10.0. The number of carbonyl (C=O) groups excluding carboxylic acids is 2. The van der Waals surface area contributed by atoms with Gasteiger partial charge in [0.25, 0.3) is 5.91 Å². The van der Waals surface area contributed by atoms with Gasteiger partial charge in [0.1, 0.15) is 5.52 Å². The molecule has 2 heterocycles. The van der Waals surface area contributed by atoms with Crippen molar-refractivity contribution in [3.8, 4) is 5.69 Å². The number of benzene rings is 2. The molecular formula is C19H19N5O2. The van der Waals surface area contributed by atoms with Gasteiger partial charge in [-0.1, -0.05) is 24.3 Å². The molecule has 1 fully saturated rings. The zero-order valence-electron chi connectivity index (χ0n) is 14.1. The first-order valence-electron chi connectivity index (χ1n) is 8.48. The van der Waals surface area contributed by atoms with E-state index >= 15 is 0 Å². The van der Waals surface area contributed by atoms with E-state index in [1.807, 2.05) is 36.5 Å². The third-order valence-corrected chi connectivity index (χ3v) is 4.62. The van der Waals surface area contributed by atoms with Gasteiger partial charge in [-0.25, -0.2) is 4.68 Å². The van der Waals surface area contributed by atoms with Crippen LogP contribution in [0.1, 0.15) is 15.9 Å². The highest BCUT2D eigenvalue weighted by molar-refractivity contribution is 6.04. The number of carbonyl (C=O) groups is 2. The summed E-state index contributed by atoms with van der Waals surface area (Å²) in [7, 11) is 0. The van der Waals surface area contributed by atoms with Crippen LogP contribution in [0.25, 0.3) is 16.6 Å². The van der Waals surface area contributed by atoms with Gasteiger partial charge in [0.05, 0.1) is 17.2 Å². The molecule has 1 aliphatic rings. The van der Waals surface area contributed by atoms with E-state index in [4.69, 9.17) is 5.73 Å². The van der Waals surface area contributed by atoms with Crippen molar-refractivity contribution < 1.29 is 9.59 Å². The average Bonchev–Trinajstić information content (AvgIpc) is 3.02. The Hall–Kier alpha value is -3.19. The second kappa shape index (κ2) is 6.61. The van der Waals surface area contributed by atoms with E-state index in [9.17, 15) is 9.59 Å². The van der Waals surface area contributed by atoms with Crippen LogP contribution in [0.3, 0.4) is 0 Å². The lowest BCUT2D eigenvalue weighted by Crippen LogP contribution is -2.50. The molecule has 2 aromatic carbocycles. The second-order valence-electron chi connectivity index (χ2n) is 6.42. The predicted octanol–water partition coefficient (Wildman–Crippen LogP) is 0.960. The lowest BCUT2D eigenvalue weighted by molar-refractivity contribution is -0.126. The summed E-state index contributed by atoms with van der Waals surface area (Å²) in [6.07, 6.45) is 1.86. The Bertz CT molecular complexity index is 973. The van der Waals surface area contributed by atoms with E-state index < -0.39 is 5.91 Å². The maximum Gasteiger partial charge on any atom is 0.250 e. The highest BCUT2D eigenvalue weighted by Gasteiger charge is 2.24. The van der Waals surface area contributed by atoms with E-state index in [0.29, 0.717) is 17.6 Å². The molecule has 0 radical (unpaired) electrons. The molecule has 2 amide bonds. The molecule has 26 heavy (non-hydrogen) atoms. The second-order valence-corrected chi connectivity index (χ2v) is 6.42. The molecule has 0 unspecified atom stereocenters. The number of amides is 2. The number of fused-ring (bicyclic) bond motifs is 1. The number of hydrogen-bond acceptors (Lipinski definition) is 4. The molecule has 132 valence electrons. The monoisotopic (exact) mass is 349 g/mol. The summed E-state index contributed by atoms with van der Waals surface area (Å²) in [6.45, 7) is 2.01. The smallest absolute Gasteiger partial charge is 0.250 e. The largest absolute Gasteiger partial charge is 0.366 e. The van der Waals surface area contributed by atoms with Gasteiger partial charge in [-0.05, 0) is 23.8 Å². The molecule has 1 aromatic heterocycles. The van der Waals surface area contributed by atoms with Crippen molar-refractivity contribution in [2.75, 3.05) is 13.1 Å². The molecule has 0 saturated carbocycles. The van der Waals surface area contributed by atoms with Crippen molar-refractivity contribution in [3.63, 3.8) is 0 Å². The highest BCUT2D eigenvalue weighted by Crippen LogP contribution is 2.19. The van der Waals surface area contributed by atoms with Crippen molar-refractivity contribution in [3.05, 3.63) is 59.8 Å². The minimum absolute atomic E-state index is 0.0881. The third-order valence-electron chi connectivity index (χ3n) is 4.62. The summed E-state index contributed by atoms with van der Waals surface area (Å²) in [5.41, 5.74) is 8.30. The van der Waals surface area contributed by atoms with Gasteiger partial charge in [0.2, 0.25) is 5.91 Å². The van der Waals surface area contributed by atoms with Crippen LogP contribution < -0.4 is 16.4 Å². The standard InChI is InChI=1S/C19H19N5O2/c20-18(25)16-3-1-2-13-11-24(23-17(13)16)15-6-4-12(5-7-15)8-22-19(26)14-9-21-10-14/h1-7,11,14,21H,8-10H2,(H2,20,25)(H,22,26). The van der Waals surface area contributed by atoms with E-state index in [0.717, 1.165) is 29.7 Å². The molecule has 1 saturated heterocycles. The van der Waals surface area contributed by atoms with E-state index in [1.165, 1.54) is 0 Å². The molecule has 0 aliphatic carbocycles.